The van der Waals surface area contributed by atoms with Crippen molar-refractivity contribution in [2.45, 2.75) is 0 Å². The molecule has 0 amide bonds. The van der Waals surface area contributed by atoms with Crippen molar-refractivity contribution < 1.29 is 20.5 Å². The molecule has 0 bridgehead atoms. The first kappa shape index (κ1) is 9.69. The SMILES string of the molecule is C=CC1CS(=O)(=O)OS(=O)(=O)C1. The highest BCUT2D eigenvalue weighted by Crippen LogP contribution is 2.18. The third-order valence-electron chi connectivity index (χ3n) is 1.38. The number of allylic oxidation sites excluding steroid dienone is 1. The van der Waals surface area contributed by atoms with Gasteiger partial charge >= 0.3 is 0 Å². The van der Waals surface area contributed by atoms with Gasteiger partial charge in [0.2, 0.25) is 0 Å². The van der Waals surface area contributed by atoms with E-state index in [-0.39, 0.29) is 11.5 Å². The van der Waals surface area contributed by atoms with Gasteiger partial charge in [-0.15, -0.1) is 10.2 Å². The molecule has 12 heavy (non-hydrogen) atoms. The number of hydrogen-bond acceptors (Lipinski definition) is 5. The van der Waals surface area contributed by atoms with Crippen molar-refractivity contribution in [3.8, 4) is 0 Å². The molecule has 1 aliphatic rings. The van der Waals surface area contributed by atoms with Crippen molar-refractivity contribution in [3.05, 3.63) is 12.7 Å². The van der Waals surface area contributed by atoms with Crippen LogP contribution in [-0.4, -0.2) is 28.3 Å². The molecule has 0 aliphatic carbocycles. The number of rotatable bonds is 1. The van der Waals surface area contributed by atoms with Crippen LogP contribution in [0.4, 0.5) is 0 Å². The highest BCUT2D eigenvalue weighted by molar-refractivity contribution is 8.00. The summed E-state index contributed by atoms with van der Waals surface area (Å²) in [5.74, 6) is -1.18. The van der Waals surface area contributed by atoms with Crippen LogP contribution in [0.5, 0.6) is 0 Å². The van der Waals surface area contributed by atoms with Gasteiger partial charge in [0.15, 0.2) is 0 Å². The van der Waals surface area contributed by atoms with Crippen molar-refractivity contribution in [2.75, 3.05) is 11.5 Å². The fourth-order valence-corrected chi connectivity index (χ4v) is 4.34. The molecule has 70 valence electrons. The van der Waals surface area contributed by atoms with Crippen molar-refractivity contribution >= 4 is 20.2 Å². The summed E-state index contributed by atoms with van der Waals surface area (Å²) in [7, 11) is -7.82. The Hall–Kier alpha value is -0.400. The van der Waals surface area contributed by atoms with Crippen LogP contribution in [0, 0.1) is 5.92 Å². The quantitative estimate of drug-likeness (QED) is 0.546. The lowest BCUT2D eigenvalue weighted by Crippen LogP contribution is -2.33. The van der Waals surface area contributed by atoms with Crippen molar-refractivity contribution in [3.63, 3.8) is 0 Å². The molecule has 1 aliphatic heterocycles. The Bertz CT molecular complexity index is 342. The Morgan fingerprint density at radius 3 is 1.92 bits per heavy atom. The average molecular weight is 212 g/mol. The standard InChI is InChI=1S/C5H8O5S2/c1-2-5-3-11(6,7)10-12(8,9)4-5/h2,5H,1,3-4H2. The van der Waals surface area contributed by atoms with Gasteiger partial charge in [0.1, 0.15) is 0 Å². The lowest BCUT2D eigenvalue weighted by Gasteiger charge is -2.17. The third kappa shape index (κ3) is 2.29. The molecule has 0 atom stereocenters. The van der Waals surface area contributed by atoms with E-state index in [1.807, 2.05) is 0 Å². The highest BCUT2D eigenvalue weighted by atomic mass is 32.3. The van der Waals surface area contributed by atoms with Crippen LogP contribution in [0.25, 0.3) is 0 Å². The molecule has 0 aromatic heterocycles. The van der Waals surface area contributed by atoms with Gasteiger partial charge in [0, 0.05) is 5.92 Å². The first-order chi connectivity index (χ1) is 5.35. The monoisotopic (exact) mass is 212 g/mol. The van der Waals surface area contributed by atoms with E-state index >= 15 is 0 Å². The molecule has 1 saturated heterocycles. The minimum Gasteiger partial charge on any atom is -0.198 e. The van der Waals surface area contributed by atoms with Crippen molar-refractivity contribution in [1.29, 1.82) is 0 Å². The second-order valence-corrected chi connectivity index (χ2v) is 5.95. The van der Waals surface area contributed by atoms with Crippen LogP contribution in [0.15, 0.2) is 12.7 Å². The Kier molecular flexibility index (Phi) is 2.28. The maximum Gasteiger partial charge on any atom is 0.282 e. The van der Waals surface area contributed by atoms with E-state index in [4.69, 9.17) is 0 Å². The van der Waals surface area contributed by atoms with E-state index in [9.17, 15) is 16.8 Å². The first-order valence-corrected chi connectivity index (χ1v) is 6.29. The molecule has 0 unspecified atom stereocenters. The molecule has 0 aromatic carbocycles. The van der Waals surface area contributed by atoms with E-state index in [1.165, 1.54) is 6.08 Å². The zero-order chi connectivity index (χ0) is 9.41. The second kappa shape index (κ2) is 2.82. The normalized spacial score (nSPS) is 28.0. The summed E-state index contributed by atoms with van der Waals surface area (Å²) in [6.45, 7) is 3.33. The van der Waals surface area contributed by atoms with Gasteiger partial charge < -0.3 is 0 Å². The Morgan fingerprint density at radius 2 is 1.58 bits per heavy atom. The molecular weight excluding hydrogens is 204 g/mol. The predicted molar refractivity (Wildman–Crippen MR) is 42.3 cm³/mol. The summed E-state index contributed by atoms with van der Waals surface area (Å²) in [4.78, 5) is 0. The van der Waals surface area contributed by atoms with Gasteiger partial charge in [-0.25, -0.2) is 0 Å². The minimum atomic E-state index is -3.91. The summed E-state index contributed by atoms with van der Waals surface area (Å²) in [5.41, 5.74) is 0. The summed E-state index contributed by atoms with van der Waals surface area (Å²) >= 11 is 0. The summed E-state index contributed by atoms with van der Waals surface area (Å²) in [5, 5.41) is 0. The van der Waals surface area contributed by atoms with E-state index in [0.717, 1.165) is 0 Å². The third-order valence-corrected chi connectivity index (χ3v) is 4.71. The molecule has 1 fully saturated rings. The minimum absolute atomic E-state index is 0.310. The summed E-state index contributed by atoms with van der Waals surface area (Å²) in [6.07, 6.45) is 1.30. The van der Waals surface area contributed by atoms with Crippen LogP contribution in [-0.2, 0) is 23.9 Å². The molecule has 1 heterocycles. The van der Waals surface area contributed by atoms with Crippen molar-refractivity contribution in [2.24, 2.45) is 5.92 Å². The molecule has 0 radical (unpaired) electrons. The molecule has 0 N–H and O–H groups in total. The van der Waals surface area contributed by atoms with Crippen LogP contribution in [0.3, 0.4) is 0 Å². The Labute approximate surface area is 71.3 Å². The molecule has 5 nitrogen and oxygen atoms in total. The van der Waals surface area contributed by atoms with E-state index < -0.39 is 26.2 Å². The van der Waals surface area contributed by atoms with Crippen LogP contribution < -0.4 is 0 Å². The maximum atomic E-state index is 10.8. The molecule has 7 heteroatoms. The van der Waals surface area contributed by atoms with E-state index in [1.54, 1.807) is 0 Å². The van der Waals surface area contributed by atoms with Crippen LogP contribution in [0.1, 0.15) is 0 Å². The topological polar surface area (TPSA) is 77.5 Å². The van der Waals surface area contributed by atoms with Gasteiger partial charge in [0.25, 0.3) is 20.2 Å². The van der Waals surface area contributed by atoms with Gasteiger partial charge in [-0.1, -0.05) is 6.08 Å². The molecule has 0 saturated carbocycles. The lowest BCUT2D eigenvalue weighted by molar-refractivity contribution is 0.441. The fraction of sp³-hybridized carbons (Fsp3) is 0.600. The Morgan fingerprint density at radius 1 is 1.17 bits per heavy atom. The zero-order valence-electron chi connectivity index (χ0n) is 6.13. The molecular formula is C5H8O5S2. The Balaban J connectivity index is 3.03. The lowest BCUT2D eigenvalue weighted by atomic mass is 10.2. The average Bonchev–Trinajstić information content (AvgIpc) is 1.80. The maximum absolute atomic E-state index is 10.8. The van der Waals surface area contributed by atoms with Gasteiger partial charge in [-0.2, -0.15) is 16.8 Å². The first-order valence-electron chi connectivity index (χ1n) is 3.14. The second-order valence-electron chi connectivity index (χ2n) is 2.51. The summed E-state index contributed by atoms with van der Waals surface area (Å²) < 4.78 is 47.0. The van der Waals surface area contributed by atoms with Crippen LogP contribution in [0.2, 0.25) is 0 Å². The zero-order valence-corrected chi connectivity index (χ0v) is 7.77. The summed E-state index contributed by atoms with van der Waals surface area (Å²) in [6, 6.07) is 0. The molecule has 0 aromatic rings. The highest BCUT2D eigenvalue weighted by Gasteiger charge is 2.34. The van der Waals surface area contributed by atoms with Gasteiger partial charge in [-0.3, -0.25) is 0 Å². The fourth-order valence-electron chi connectivity index (χ4n) is 0.922. The van der Waals surface area contributed by atoms with E-state index in [0.29, 0.717) is 0 Å². The molecule has 1 rings (SSSR count). The number of hydrogen-bond donors (Lipinski definition) is 0. The van der Waals surface area contributed by atoms with Crippen LogP contribution >= 0.6 is 0 Å². The molecule has 0 spiro atoms. The predicted octanol–water partition coefficient (Wildman–Crippen LogP) is -0.522. The smallest absolute Gasteiger partial charge is 0.198 e. The van der Waals surface area contributed by atoms with Gasteiger partial charge in [-0.05, 0) is 0 Å². The van der Waals surface area contributed by atoms with Gasteiger partial charge in [0.05, 0.1) is 11.5 Å². The van der Waals surface area contributed by atoms with Crippen molar-refractivity contribution in [1.82, 2.24) is 0 Å². The largest absolute Gasteiger partial charge is 0.282 e. The van der Waals surface area contributed by atoms with E-state index in [2.05, 4.69) is 10.2 Å².